The second-order valence-corrected chi connectivity index (χ2v) is 5.32. The maximum absolute atomic E-state index is 12.1. The molecule has 1 aromatic heterocycles. The Morgan fingerprint density at radius 2 is 1.82 bits per heavy atom. The van der Waals surface area contributed by atoms with Crippen molar-refractivity contribution in [3.05, 3.63) is 71.9 Å². The maximum Gasteiger partial charge on any atom is 0.267 e. The van der Waals surface area contributed by atoms with E-state index in [-0.39, 0.29) is 12.5 Å². The fourth-order valence-electron chi connectivity index (χ4n) is 2.46. The SMILES string of the molecule is O=C(NC[C@@H](O)Cc1ccccc1)c1cc2ccccc2[nH]1. The summed E-state index contributed by atoms with van der Waals surface area (Å²) in [5.74, 6) is -0.205. The lowest BCUT2D eigenvalue weighted by atomic mass is 10.1. The van der Waals surface area contributed by atoms with Gasteiger partial charge in [0, 0.05) is 23.9 Å². The van der Waals surface area contributed by atoms with E-state index in [0.29, 0.717) is 12.1 Å². The van der Waals surface area contributed by atoms with Crippen LogP contribution in [0, 0.1) is 0 Å². The van der Waals surface area contributed by atoms with Crippen LogP contribution in [-0.2, 0) is 6.42 Å². The van der Waals surface area contributed by atoms with E-state index in [1.54, 1.807) is 0 Å². The van der Waals surface area contributed by atoms with Crippen LogP contribution in [0.5, 0.6) is 0 Å². The number of carbonyl (C=O) groups is 1. The number of aromatic nitrogens is 1. The average molecular weight is 294 g/mol. The highest BCUT2D eigenvalue weighted by Crippen LogP contribution is 2.14. The van der Waals surface area contributed by atoms with E-state index in [9.17, 15) is 9.90 Å². The summed E-state index contributed by atoms with van der Waals surface area (Å²) >= 11 is 0. The first-order valence-electron chi connectivity index (χ1n) is 7.30. The van der Waals surface area contributed by atoms with Crippen molar-refractivity contribution in [2.75, 3.05) is 6.54 Å². The van der Waals surface area contributed by atoms with Gasteiger partial charge in [0.1, 0.15) is 5.69 Å². The van der Waals surface area contributed by atoms with Crippen molar-refractivity contribution in [3.63, 3.8) is 0 Å². The van der Waals surface area contributed by atoms with Crippen molar-refractivity contribution in [1.82, 2.24) is 10.3 Å². The molecule has 22 heavy (non-hydrogen) atoms. The van der Waals surface area contributed by atoms with E-state index >= 15 is 0 Å². The van der Waals surface area contributed by atoms with E-state index in [4.69, 9.17) is 0 Å². The fraction of sp³-hybridized carbons (Fsp3) is 0.167. The number of para-hydroxylation sites is 1. The Morgan fingerprint density at radius 1 is 1.09 bits per heavy atom. The van der Waals surface area contributed by atoms with Gasteiger partial charge in [-0.05, 0) is 17.7 Å². The summed E-state index contributed by atoms with van der Waals surface area (Å²) in [5.41, 5.74) is 2.49. The number of hydrogen-bond acceptors (Lipinski definition) is 2. The largest absolute Gasteiger partial charge is 0.391 e. The predicted molar refractivity (Wildman–Crippen MR) is 86.8 cm³/mol. The second kappa shape index (κ2) is 6.45. The highest BCUT2D eigenvalue weighted by Gasteiger charge is 2.11. The molecule has 3 rings (SSSR count). The van der Waals surface area contributed by atoms with E-state index in [2.05, 4.69) is 10.3 Å². The van der Waals surface area contributed by atoms with Gasteiger partial charge in [0.05, 0.1) is 6.10 Å². The van der Waals surface area contributed by atoms with Crippen molar-refractivity contribution in [2.45, 2.75) is 12.5 Å². The molecule has 0 bridgehead atoms. The summed E-state index contributed by atoms with van der Waals surface area (Å²) in [5, 5.41) is 13.8. The number of aromatic amines is 1. The number of amides is 1. The minimum absolute atomic E-state index is 0.205. The lowest BCUT2D eigenvalue weighted by Gasteiger charge is -2.11. The van der Waals surface area contributed by atoms with Gasteiger partial charge in [-0.3, -0.25) is 4.79 Å². The van der Waals surface area contributed by atoms with Crippen LogP contribution in [0.4, 0.5) is 0 Å². The van der Waals surface area contributed by atoms with Crippen LogP contribution in [0.1, 0.15) is 16.1 Å². The topological polar surface area (TPSA) is 65.1 Å². The van der Waals surface area contributed by atoms with Gasteiger partial charge in [0.15, 0.2) is 0 Å². The number of nitrogens with one attached hydrogen (secondary N) is 2. The molecule has 0 aliphatic rings. The van der Waals surface area contributed by atoms with Crippen molar-refractivity contribution in [1.29, 1.82) is 0 Å². The van der Waals surface area contributed by atoms with Crippen molar-refractivity contribution < 1.29 is 9.90 Å². The quantitative estimate of drug-likeness (QED) is 0.677. The molecule has 0 spiro atoms. The Kier molecular flexibility index (Phi) is 4.21. The smallest absolute Gasteiger partial charge is 0.267 e. The molecule has 1 amide bonds. The number of benzene rings is 2. The molecule has 0 unspecified atom stereocenters. The Hall–Kier alpha value is -2.59. The van der Waals surface area contributed by atoms with Gasteiger partial charge in [0.25, 0.3) is 5.91 Å². The van der Waals surface area contributed by atoms with Gasteiger partial charge in [-0.1, -0.05) is 48.5 Å². The minimum atomic E-state index is -0.601. The number of H-pyrrole nitrogens is 1. The number of rotatable bonds is 5. The monoisotopic (exact) mass is 294 g/mol. The summed E-state index contributed by atoms with van der Waals surface area (Å²) < 4.78 is 0. The van der Waals surface area contributed by atoms with Crippen LogP contribution in [0.15, 0.2) is 60.7 Å². The van der Waals surface area contributed by atoms with Gasteiger partial charge < -0.3 is 15.4 Å². The third-order valence-corrected chi connectivity index (χ3v) is 3.59. The number of fused-ring (bicyclic) bond motifs is 1. The fourth-order valence-corrected chi connectivity index (χ4v) is 2.46. The second-order valence-electron chi connectivity index (χ2n) is 5.32. The van der Waals surface area contributed by atoms with Gasteiger partial charge in [-0.25, -0.2) is 0 Å². The minimum Gasteiger partial charge on any atom is -0.391 e. The first kappa shape index (κ1) is 14.4. The Bertz CT molecular complexity index is 732. The summed E-state index contributed by atoms with van der Waals surface area (Å²) in [7, 11) is 0. The molecule has 0 aliphatic heterocycles. The van der Waals surface area contributed by atoms with E-state index in [0.717, 1.165) is 16.5 Å². The van der Waals surface area contributed by atoms with Crippen molar-refractivity contribution >= 4 is 16.8 Å². The lowest BCUT2D eigenvalue weighted by molar-refractivity contribution is 0.0912. The Morgan fingerprint density at radius 3 is 2.59 bits per heavy atom. The molecule has 112 valence electrons. The van der Waals surface area contributed by atoms with E-state index in [1.807, 2.05) is 60.7 Å². The lowest BCUT2D eigenvalue weighted by Crippen LogP contribution is -2.33. The summed E-state index contributed by atoms with van der Waals surface area (Å²) in [6.45, 7) is 0.225. The first-order valence-corrected chi connectivity index (χ1v) is 7.30. The molecule has 0 saturated carbocycles. The van der Waals surface area contributed by atoms with Crippen LogP contribution in [0.2, 0.25) is 0 Å². The molecular formula is C18H18N2O2. The molecule has 0 saturated heterocycles. The van der Waals surface area contributed by atoms with E-state index in [1.165, 1.54) is 0 Å². The van der Waals surface area contributed by atoms with Crippen LogP contribution in [0.3, 0.4) is 0 Å². The van der Waals surface area contributed by atoms with Crippen LogP contribution < -0.4 is 5.32 Å². The van der Waals surface area contributed by atoms with Crippen LogP contribution in [-0.4, -0.2) is 28.6 Å². The number of aliphatic hydroxyl groups is 1. The zero-order valence-electron chi connectivity index (χ0n) is 12.1. The Balaban J connectivity index is 1.57. The predicted octanol–water partition coefficient (Wildman–Crippen LogP) is 2.50. The summed E-state index contributed by atoms with van der Waals surface area (Å²) in [4.78, 5) is 15.2. The number of carbonyl (C=O) groups excluding carboxylic acids is 1. The number of hydrogen-bond donors (Lipinski definition) is 3. The standard InChI is InChI=1S/C18H18N2O2/c21-15(10-13-6-2-1-3-7-13)12-19-18(22)17-11-14-8-4-5-9-16(14)20-17/h1-9,11,15,20-21H,10,12H2,(H,19,22)/t15-/m0/s1. The molecule has 0 radical (unpaired) electrons. The van der Waals surface area contributed by atoms with Crippen LogP contribution in [0.25, 0.3) is 10.9 Å². The molecule has 0 fully saturated rings. The zero-order chi connectivity index (χ0) is 15.4. The molecule has 1 heterocycles. The first-order chi connectivity index (χ1) is 10.7. The van der Waals surface area contributed by atoms with Crippen LogP contribution >= 0.6 is 0 Å². The molecule has 1 atom stereocenters. The van der Waals surface area contributed by atoms with Crippen molar-refractivity contribution in [2.24, 2.45) is 0 Å². The third kappa shape index (κ3) is 3.35. The maximum atomic E-state index is 12.1. The summed E-state index contributed by atoms with van der Waals surface area (Å²) in [6, 6.07) is 19.3. The summed E-state index contributed by atoms with van der Waals surface area (Å²) in [6.07, 6.45) is -0.0795. The normalized spacial score (nSPS) is 12.2. The molecule has 3 N–H and O–H groups in total. The molecule has 0 aliphatic carbocycles. The molecular weight excluding hydrogens is 276 g/mol. The highest BCUT2D eigenvalue weighted by atomic mass is 16.3. The van der Waals surface area contributed by atoms with Gasteiger partial charge in [-0.15, -0.1) is 0 Å². The molecule has 3 aromatic rings. The number of aliphatic hydroxyl groups excluding tert-OH is 1. The van der Waals surface area contributed by atoms with Gasteiger partial charge >= 0.3 is 0 Å². The highest BCUT2D eigenvalue weighted by molar-refractivity contribution is 5.97. The molecule has 2 aromatic carbocycles. The van der Waals surface area contributed by atoms with Gasteiger partial charge in [0.2, 0.25) is 0 Å². The van der Waals surface area contributed by atoms with Crippen molar-refractivity contribution in [3.8, 4) is 0 Å². The Labute approximate surface area is 128 Å². The van der Waals surface area contributed by atoms with Gasteiger partial charge in [-0.2, -0.15) is 0 Å². The third-order valence-electron chi connectivity index (χ3n) is 3.59. The van der Waals surface area contributed by atoms with E-state index < -0.39 is 6.10 Å². The zero-order valence-corrected chi connectivity index (χ0v) is 12.1. The molecule has 4 heteroatoms. The molecule has 4 nitrogen and oxygen atoms in total. The average Bonchev–Trinajstić information content (AvgIpc) is 2.98.